The second-order valence-electron chi connectivity index (χ2n) is 8.16. The van der Waals surface area contributed by atoms with Crippen LogP contribution in [0.3, 0.4) is 0 Å². The molecule has 0 bridgehead atoms. The van der Waals surface area contributed by atoms with E-state index in [1.54, 1.807) is 0 Å². The molecule has 0 aliphatic rings. The fraction of sp³-hybridized carbons (Fsp3) is 0.208. The smallest absolute Gasteiger partial charge is 0.262 e. The van der Waals surface area contributed by atoms with Gasteiger partial charge in [-0.2, -0.15) is 0 Å². The van der Waals surface area contributed by atoms with Crippen molar-refractivity contribution in [2.75, 3.05) is 5.32 Å². The molecule has 0 radical (unpaired) electrons. The van der Waals surface area contributed by atoms with E-state index in [2.05, 4.69) is 20.3 Å². The Kier molecular flexibility index (Phi) is 6.42. The second-order valence-corrected chi connectivity index (χ2v) is 8.57. The molecule has 0 fully saturated rings. The highest BCUT2D eigenvalue weighted by molar-refractivity contribution is 6.34. The van der Waals surface area contributed by atoms with Crippen molar-refractivity contribution >= 4 is 28.2 Å². The molecule has 0 unspecified atom stereocenters. The van der Waals surface area contributed by atoms with Crippen molar-refractivity contribution in [1.82, 2.24) is 15.0 Å². The lowest BCUT2D eigenvalue weighted by molar-refractivity contribution is 0.0687. The first-order valence-electron chi connectivity index (χ1n) is 10.2. The molecule has 0 spiro atoms. The van der Waals surface area contributed by atoms with Crippen LogP contribution >= 0.6 is 11.6 Å². The summed E-state index contributed by atoms with van der Waals surface area (Å²) in [7, 11) is 0. The van der Waals surface area contributed by atoms with Crippen LogP contribution in [0.15, 0.2) is 55.0 Å². The van der Waals surface area contributed by atoms with Crippen LogP contribution in [0, 0.1) is 11.6 Å². The third kappa shape index (κ3) is 4.67. The maximum atomic E-state index is 14.9. The van der Waals surface area contributed by atoms with E-state index in [1.807, 2.05) is 0 Å². The number of halogens is 5. The van der Waals surface area contributed by atoms with E-state index in [0.29, 0.717) is 0 Å². The van der Waals surface area contributed by atoms with E-state index in [1.165, 1.54) is 56.7 Å². The third-order valence-corrected chi connectivity index (χ3v) is 5.50. The van der Waals surface area contributed by atoms with Crippen molar-refractivity contribution in [3.05, 3.63) is 83.0 Å². The van der Waals surface area contributed by atoms with Gasteiger partial charge in [0.05, 0.1) is 16.2 Å². The molecule has 4 aromatic rings. The fourth-order valence-corrected chi connectivity index (χ4v) is 3.70. The molecule has 176 valence electrons. The number of aliphatic hydroxyl groups is 1. The van der Waals surface area contributed by atoms with Crippen LogP contribution in [0.4, 0.5) is 23.2 Å². The zero-order valence-electron chi connectivity index (χ0n) is 18.0. The summed E-state index contributed by atoms with van der Waals surface area (Å²) in [6, 6.07) is 6.00. The Bertz CT molecular complexity index is 1340. The largest absolute Gasteiger partial charge is 0.382 e. The van der Waals surface area contributed by atoms with Crippen molar-refractivity contribution in [2.24, 2.45) is 0 Å². The van der Waals surface area contributed by atoms with Crippen molar-refractivity contribution < 1.29 is 22.7 Å². The number of pyridine rings is 1. The lowest BCUT2D eigenvalue weighted by atomic mass is 10.0. The van der Waals surface area contributed by atoms with Crippen molar-refractivity contribution in [3.8, 4) is 11.1 Å². The Morgan fingerprint density at radius 2 is 1.65 bits per heavy atom. The standard InChI is InChI=1S/C24H19ClF4N4O/c1-24(2,34)23-31-9-12(10-32-23)14-7-15-19(8-18(14)27)30-11-16(25)20(15)33-21(22(28)29)13-5-3-4-6-17(13)26/h3-11,21-22,34H,1-2H3,(H,30,33)/t21-/m0/s1. The first kappa shape index (κ1) is 23.8. The highest BCUT2D eigenvalue weighted by Gasteiger charge is 2.27. The molecule has 10 heteroatoms. The van der Waals surface area contributed by atoms with Crippen LogP contribution in [-0.2, 0) is 5.60 Å². The lowest BCUT2D eigenvalue weighted by Gasteiger charge is -2.22. The molecule has 2 N–H and O–H groups in total. The van der Waals surface area contributed by atoms with Crippen LogP contribution in [0.2, 0.25) is 5.02 Å². The predicted octanol–water partition coefficient (Wildman–Crippen LogP) is 6.27. The molecule has 0 saturated heterocycles. The summed E-state index contributed by atoms with van der Waals surface area (Å²) >= 11 is 6.28. The van der Waals surface area contributed by atoms with Gasteiger partial charge in [0, 0.05) is 46.7 Å². The van der Waals surface area contributed by atoms with E-state index in [0.717, 1.165) is 12.1 Å². The predicted molar refractivity (Wildman–Crippen MR) is 122 cm³/mol. The zero-order chi connectivity index (χ0) is 24.6. The average molecular weight is 491 g/mol. The number of benzene rings is 2. The van der Waals surface area contributed by atoms with Crippen LogP contribution in [0.1, 0.15) is 31.3 Å². The first-order valence-corrected chi connectivity index (χ1v) is 10.6. The van der Waals surface area contributed by atoms with E-state index in [9.17, 15) is 22.7 Å². The van der Waals surface area contributed by atoms with Crippen molar-refractivity contribution in [2.45, 2.75) is 31.9 Å². The summed E-state index contributed by atoms with van der Waals surface area (Å²) in [6.07, 6.45) is 0.920. The molecule has 2 heterocycles. The van der Waals surface area contributed by atoms with E-state index in [-0.39, 0.29) is 44.1 Å². The number of nitrogens with zero attached hydrogens (tertiary/aromatic N) is 3. The van der Waals surface area contributed by atoms with Gasteiger partial charge >= 0.3 is 0 Å². The molecule has 0 amide bonds. The summed E-state index contributed by atoms with van der Waals surface area (Å²) in [5, 5.41) is 12.9. The highest BCUT2D eigenvalue weighted by Crippen LogP contribution is 2.38. The molecule has 0 aliphatic heterocycles. The first-order chi connectivity index (χ1) is 16.1. The highest BCUT2D eigenvalue weighted by atomic mass is 35.5. The zero-order valence-corrected chi connectivity index (χ0v) is 18.8. The molecule has 5 nitrogen and oxygen atoms in total. The number of rotatable bonds is 6. The maximum Gasteiger partial charge on any atom is 0.262 e. The summed E-state index contributed by atoms with van der Waals surface area (Å²) < 4.78 is 57.1. The third-order valence-electron chi connectivity index (χ3n) is 5.21. The minimum Gasteiger partial charge on any atom is -0.382 e. The van der Waals surface area contributed by atoms with Crippen LogP contribution in [0.5, 0.6) is 0 Å². The summed E-state index contributed by atoms with van der Waals surface area (Å²) in [5.41, 5.74) is -0.957. The second kappa shape index (κ2) is 9.15. The average Bonchev–Trinajstić information content (AvgIpc) is 2.78. The molecule has 2 aromatic heterocycles. The molecule has 0 aliphatic carbocycles. The monoisotopic (exact) mass is 490 g/mol. The van der Waals surface area contributed by atoms with Gasteiger partial charge in [-0.3, -0.25) is 4.98 Å². The summed E-state index contributed by atoms with van der Waals surface area (Å²) in [6.45, 7) is 3.03. The minimum absolute atomic E-state index is 0.000625. The normalized spacial score (nSPS) is 12.9. The maximum absolute atomic E-state index is 14.9. The van der Waals surface area contributed by atoms with Gasteiger partial charge in [-0.1, -0.05) is 29.8 Å². The van der Waals surface area contributed by atoms with Gasteiger partial charge in [0.15, 0.2) is 5.82 Å². The number of anilines is 1. The molecule has 1 atom stereocenters. The van der Waals surface area contributed by atoms with Gasteiger partial charge in [0.25, 0.3) is 6.43 Å². The number of fused-ring (bicyclic) bond motifs is 1. The molecule has 34 heavy (non-hydrogen) atoms. The summed E-state index contributed by atoms with van der Waals surface area (Å²) in [5.74, 6) is -1.30. The number of hydrogen-bond donors (Lipinski definition) is 2. The molecular weight excluding hydrogens is 472 g/mol. The fourth-order valence-electron chi connectivity index (χ4n) is 3.50. The van der Waals surface area contributed by atoms with Crippen molar-refractivity contribution in [3.63, 3.8) is 0 Å². The molecular formula is C24H19ClF4N4O. The molecule has 0 saturated carbocycles. The van der Waals surface area contributed by atoms with Crippen LogP contribution in [0.25, 0.3) is 22.0 Å². The summed E-state index contributed by atoms with van der Waals surface area (Å²) in [4.78, 5) is 12.3. The Balaban J connectivity index is 1.83. The Hall–Kier alpha value is -3.30. The van der Waals surface area contributed by atoms with Gasteiger partial charge in [-0.25, -0.2) is 27.5 Å². The number of hydrogen-bond acceptors (Lipinski definition) is 5. The topological polar surface area (TPSA) is 70.9 Å². The number of aromatic nitrogens is 3. The SMILES string of the molecule is CC(C)(O)c1ncc(-c2cc3c(N[C@@H](c4ccccc4F)C(F)F)c(Cl)cnc3cc2F)cn1. The Morgan fingerprint density at radius 1 is 0.971 bits per heavy atom. The Morgan fingerprint density at radius 3 is 2.26 bits per heavy atom. The van der Waals surface area contributed by atoms with Crippen LogP contribution in [-0.4, -0.2) is 26.5 Å². The number of nitrogens with one attached hydrogen (secondary N) is 1. The van der Waals surface area contributed by atoms with Crippen LogP contribution < -0.4 is 5.32 Å². The van der Waals surface area contributed by atoms with Gasteiger partial charge in [-0.15, -0.1) is 0 Å². The number of alkyl halides is 2. The molecule has 4 rings (SSSR count). The van der Waals surface area contributed by atoms with Gasteiger partial charge in [-0.05, 0) is 26.0 Å². The van der Waals surface area contributed by atoms with E-state index in [4.69, 9.17) is 11.6 Å². The van der Waals surface area contributed by atoms with E-state index < -0.39 is 29.7 Å². The van der Waals surface area contributed by atoms with Crippen molar-refractivity contribution in [1.29, 1.82) is 0 Å². The van der Waals surface area contributed by atoms with E-state index >= 15 is 0 Å². The Labute approximate surface area is 197 Å². The molecule has 2 aromatic carbocycles. The quantitative estimate of drug-likeness (QED) is 0.312. The minimum atomic E-state index is -2.97. The van der Waals surface area contributed by atoms with Gasteiger partial charge in [0.1, 0.15) is 23.3 Å². The van der Waals surface area contributed by atoms with Gasteiger partial charge in [0.2, 0.25) is 0 Å². The lowest BCUT2D eigenvalue weighted by Crippen LogP contribution is -2.20. The van der Waals surface area contributed by atoms with Gasteiger partial charge < -0.3 is 10.4 Å².